The highest BCUT2D eigenvalue weighted by atomic mass is 28.4. The summed E-state index contributed by atoms with van der Waals surface area (Å²) in [6.45, 7) is 20.8. The first kappa shape index (κ1) is 36.8. The second-order valence-corrected chi connectivity index (χ2v) is 18.9. The van der Waals surface area contributed by atoms with Gasteiger partial charge in [0, 0.05) is 24.4 Å². The van der Waals surface area contributed by atoms with E-state index in [9.17, 15) is 14.7 Å². The predicted molar refractivity (Wildman–Crippen MR) is 167 cm³/mol. The van der Waals surface area contributed by atoms with Crippen molar-refractivity contribution in [1.29, 1.82) is 0 Å². The molecule has 0 saturated carbocycles. The number of carbonyl (C=O) groups excluding carboxylic acids is 2. The van der Waals surface area contributed by atoms with Crippen LogP contribution < -0.4 is 0 Å². The molecule has 0 radical (unpaired) electrons. The van der Waals surface area contributed by atoms with Crippen LogP contribution in [0.5, 0.6) is 0 Å². The van der Waals surface area contributed by atoms with E-state index in [0.717, 1.165) is 12.8 Å². The molecule has 2 aliphatic heterocycles. The van der Waals surface area contributed by atoms with Crippen molar-refractivity contribution in [3.05, 3.63) is 24.3 Å². The second-order valence-electron chi connectivity index (χ2n) is 14.2. The molecule has 42 heavy (non-hydrogen) atoms. The van der Waals surface area contributed by atoms with Gasteiger partial charge < -0.3 is 28.5 Å². The van der Waals surface area contributed by atoms with E-state index in [1.54, 1.807) is 13.8 Å². The van der Waals surface area contributed by atoms with Crippen LogP contribution in [0.25, 0.3) is 0 Å². The Labute approximate surface area is 255 Å². The minimum atomic E-state index is -1.74. The standard InChI is InChI=1S/C33H58O8Si/c1-23-20-21-28(38-33(23)29(30(36)37-9)39-32(7,8)41-33)25(3)27(35)22-26(34)19-17-15-13-12-14-16-18-24(2)40-42(10,11)31(4,5)6/h12-15,23-26,28-29,34H,16-22H2,1-11H3/b14-12-,15-13+/t23-,24+,25-,26+,28+,29?,33+/m1/s1. The van der Waals surface area contributed by atoms with Gasteiger partial charge in [0.15, 0.2) is 14.1 Å². The molecule has 1 spiro atoms. The van der Waals surface area contributed by atoms with Gasteiger partial charge in [-0.2, -0.15) is 0 Å². The lowest BCUT2D eigenvalue weighted by atomic mass is 9.82. The Morgan fingerprint density at radius 1 is 1.05 bits per heavy atom. The van der Waals surface area contributed by atoms with E-state index in [2.05, 4.69) is 46.9 Å². The number of aliphatic hydroxyl groups is 1. The third kappa shape index (κ3) is 9.82. The highest BCUT2D eigenvalue weighted by Gasteiger charge is 2.63. The van der Waals surface area contributed by atoms with E-state index in [1.807, 2.05) is 32.1 Å². The Bertz CT molecular complexity index is 952. The summed E-state index contributed by atoms with van der Waals surface area (Å²) in [5, 5.41) is 10.8. The zero-order chi connectivity index (χ0) is 31.9. The summed E-state index contributed by atoms with van der Waals surface area (Å²) in [4.78, 5) is 25.7. The van der Waals surface area contributed by atoms with Crippen molar-refractivity contribution in [3.63, 3.8) is 0 Å². The third-order valence-corrected chi connectivity index (χ3v) is 13.7. The van der Waals surface area contributed by atoms with Crippen molar-refractivity contribution in [2.45, 2.75) is 154 Å². The normalized spacial score (nSPS) is 28.8. The first-order chi connectivity index (χ1) is 19.3. The Morgan fingerprint density at radius 3 is 2.21 bits per heavy atom. The lowest BCUT2D eigenvalue weighted by Crippen LogP contribution is -2.58. The fourth-order valence-electron chi connectivity index (χ4n) is 5.41. The van der Waals surface area contributed by atoms with E-state index in [4.69, 9.17) is 23.4 Å². The Kier molecular flexibility index (Phi) is 13.2. The van der Waals surface area contributed by atoms with Gasteiger partial charge in [0.2, 0.25) is 11.9 Å². The highest BCUT2D eigenvalue weighted by molar-refractivity contribution is 6.74. The number of methoxy groups -OCH3 is 1. The molecule has 2 aliphatic rings. The van der Waals surface area contributed by atoms with Gasteiger partial charge in [0.25, 0.3) is 0 Å². The number of allylic oxidation sites excluding steroid dienone is 4. The molecule has 1 unspecified atom stereocenters. The highest BCUT2D eigenvalue weighted by Crippen LogP contribution is 2.48. The quantitative estimate of drug-likeness (QED) is 0.129. The minimum Gasteiger partial charge on any atom is -0.467 e. The summed E-state index contributed by atoms with van der Waals surface area (Å²) in [5.41, 5.74) is 0. The van der Waals surface area contributed by atoms with E-state index >= 15 is 0 Å². The van der Waals surface area contributed by atoms with Gasteiger partial charge in [-0.1, -0.05) is 58.9 Å². The zero-order valence-corrected chi connectivity index (χ0v) is 29.0. The SMILES string of the molecule is COC(=O)C1OC(C)(C)O[C@]12O[C@H]([C@H](C)C(=O)C[C@@H](O)CC/C=C/C=C\CC[C@H](C)O[Si](C)(C)C(C)(C)C)CC[C@H]2C. The summed E-state index contributed by atoms with van der Waals surface area (Å²) >= 11 is 0. The lowest BCUT2D eigenvalue weighted by Gasteiger charge is -2.45. The van der Waals surface area contributed by atoms with Crippen LogP contribution in [0, 0.1) is 11.8 Å². The molecule has 0 aromatic heterocycles. The van der Waals surface area contributed by atoms with Gasteiger partial charge >= 0.3 is 5.97 Å². The molecule has 7 atom stereocenters. The minimum absolute atomic E-state index is 0.0582. The summed E-state index contributed by atoms with van der Waals surface area (Å²) in [7, 11) is -0.431. The number of esters is 1. The van der Waals surface area contributed by atoms with E-state index in [-0.39, 0.29) is 29.3 Å². The maximum atomic E-state index is 13.1. The summed E-state index contributed by atoms with van der Waals surface area (Å²) in [6, 6.07) is 0. The molecule has 0 bridgehead atoms. The van der Waals surface area contributed by atoms with Crippen LogP contribution in [0.15, 0.2) is 24.3 Å². The fourth-order valence-corrected chi connectivity index (χ4v) is 6.88. The molecule has 242 valence electrons. The van der Waals surface area contributed by atoms with Crippen LogP contribution in [-0.4, -0.2) is 68.3 Å². The van der Waals surface area contributed by atoms with Crippen LogP contribution in [0.2, 0.25) is 18.1 Å². The van der Waals surface area contributed by atoms with Crippen molar-refractivity contribution < 1.29 is 38.1 Å². The molecule has 0 amide bonds. The number of ether oxygens (including phenoxy) is 4. The van der Waals surface area contributed by atoms with Gasteiger partial charge in [-0.05, 0) is 77.4 Å². The number of carbonyl (C=O) groups is 2. The van der Waals surface area contributed by atoms with Gasteiger partial charge in [-0.25, -0.2) is 4.79 Å². The van der Waals surface area contributed by atoms with Gasteiger partial charge in [-0.3, -0.25) is 4.79 Å². The average Bonchev–Trinajstić information content (AvgIpc) is 3.15. The molecule has 0 aromatic carbocycles. The van der Waals surface area contributed by atoms with Crippen molar-refractivity contribution in [2.24, 2.45) is 11.8 Å². The van der Waals surface area contributed by atoms with Crippen molar-refractivity contribution in [2.75, 3.05) is 7.11 Å². The molecule has 2 rings (SSSR count). The Balaban J connectivity index is 1.79. The molecular weight excluding hydrogens is 552 g/mol. The first-order valence-corrected chi connectivity index (χ1v) is 18.6. The van der Waals surface area contributed by atoms with Crippen LogP contribution in [-0.2, 0) is 33.0 Å². The maximum absolute atomic E-state index is 13.1. The molecule has 2 saturated heterocycles. The second kappa shape index (κ2) is 15.1. The number of rotatable bonds is 14. The number of ketones is 1. The molecule has 1 N–H and O–H groups in total. The Hall–Kier alpha value is -1.36. The Morgan fingerprint density at radius 2 is 1.64 bits per heavy atom. The molecule has 9 heteroatoms. The lowest BCUT2D eigenvalue weighted by molar-refractivity contribution is -0.316. The molecule has 0 aliphatic carbocycles. The number of hydrogen-bond acceptors (Lipinski definition) is 8. The zero-order valence-electron chi connectivity index (χ0n) is 28.0. The number of hydrogen-bond donors (Lipinski definition) is 1. The smallest absolute Gasteiger partial charge is 0.340 e. The topological polar surface area (TPSA) is 101 Å². The van der Waals surface area contributed by atoms with Gasteiger partial charge in [0.05, 0.1) is 19.3 Å². The van der Waals surface area contributed by atoms with Crippen LogP contribution in [0.3, 0.4) is 0 Å². The predicted octanol–water partition coefficient (Wildman–Crippen LogP) is 6.86. The maximum Gasteiger partial charge on any atom is 0.340 e. The summed E-state index contributed by atoms with van der Waals surface area (Å²) in [6.07, 6.45) is 10.8. The summed E-state index contributed by atoms with van der Waals surface area (Å²) < 4.78 is 29.9. The van der Waals surface area contributed by atoms with E-state index in [0.29, 0.717) is 25.7 Å². The van der Waals surface area contributed by atoms with Crippen molar-refractivity contribution >= 4 is 20.1 Å². The van der Waals surface area contributed by atoms with E-state index < -0.39 is 50.1 Å². The monoisotopic (exact) mass is 610 g/mol. The molecule has 8 nitrogen and oxygen atoms in total. The van der Waals surface area contributed by atoms with Crippen LogP contribution >= 0.6 is 0 Å². The van der Waals surface area contributed by atoms with Crippen molar-refractivity contribution in [1.82, 2.24) is 0 Å². The number of aliphatic hydroxyl groups excluding tert-OH is 1. The van der Waals surface area contributed by atoms with Gasteiger partial charge in [-0.15, -0.1) is 0 Å². The van der Waals surface area contributed by atoms with Gasteiger partial charge in [0.1, 0.15) is 5.78 Å². The summed E-state index contributed by atoms with van der Waals surface area (Å²) in [5.74, 6) is -3.57. The number of Topliss-reactive ketones (excluding diaryl/α,β-unsaturated/α-hetero) is 1. The third-order valence-electron chi connectivity index (χ3n) is 9.09. The average molecular weight is 611 g/mol. The largest absolute Gasteiger partial charge is 0.467 e. The fraction of sp³-hybridized carbons (Fsp3) is 0.818. The molecule has 0 aromatic rings. The van der Waals surface area contributed by atoms with Crippen molar-refractivity contribution in [3.8, 4) is 0 Å². The molecule has 2 fully saturated rings. The molecular formula is C33H58O8Si. The molecule has 2 heterocycles. The first-order valence-electron chi connectivity index (χ1n) is 15.7. The van der Waals surface area contributed by atoms with Crippen LogP contribution in [0.4, 0.5) is 0 Å². The van der Waals surface area contributed by atoms with E-state index in [1.165, 1.54) is 7.11 Å². The van der Waals surface area contributed by atoms with Crippen LogP contribution in [0.1, 0.15) is 100 Å².